The van der Waals surface area contributed by atoms with Crippen molar-refractivity contribution in [3.8, 4) is 0 Å². The number of aliphatic hydroxyl groups is 1. The average molecular weight is 290 g/mol. The van der Waals surface area contributed by atoms with E-state index in [-0.39, 0.29) is 24.5 Å². The first-order chi connectivity index (χ1) is 10.2. The lowest BCUT2D eigenvalue weighted by atomic mass is 9.91. The van der Waals surface area contributed by atoms with Gasteiger partial charge >= 0.3 is 0 Å². The largest absolute Gasteiger partial charge is 0.396 e. The summed E-state index contributed by atoms with van der Waals surface area (Å²) >= 11 is 0. The first-order valence-corrected chi connectivity index (χ1v) is 7.89. The number of hydrogen-bond donors (Lipinski definition) is 2. The SMILES string of the molecule is CCCC(=O)NC1CN(Cc2ccccc2)CCC1CO. The average Bonchev–Trinajstić information content (AvgIpc) is 2.49. The molecule has 0 radical (unpaired) electrons. The normalized spacial score (nSPS) is 23.0. The number of piperidine rings is 1. The van der Waals surface area contributed by atoms with E-state index in [4.69, 9.17) is 0 Å². The second-order valence-corrected chi connectivity index (χ2v) is 5.88. The Hall–Kier alpha value is -1.39. The maximum absolute atomic E-state index is 11.8. The summed E-state index contributed by atoms with van der Waals surface area (Å²) in [6.45, 7) is 4.84. The first kappa shape index (κ1) is 16.0. The van der Waals surface area contributed by atoms with Crippen LogP contribution in [0.5, 0.6) is 0 Å². The highest BCUT2D eigenvalue weighted by molar-refractivity contribution is 5.76. The minimum Gasteiger partial charge on any atom is -0.396 e. The van der Waals surface area contributed by atoms with Crippen molar-refractivity contribution in [1.82, 2.24) is 10.2 Å². The maximum Gasteiger partial charge on any atom is 0.220 e. The number of nitrogens with zero attached hydrogens (tertiary/aromatic N) is 1. The van der Waals surface area contributed by atoms with E-state index in [1.165, 1.54) is 5.56 Å². The second kappa shape index (κ2) is 8.15. The van der Waals surface area contributed by atoms with Gasteiger partial charge in [0.1, 0.15) is 0 Å². The quantitative estimate of drug-likeness (QED) is 0.840. The van der Waals surface area contributed by atoms with Crippen molar-refractivity contribution in [2.24, 2.45) is 5.92 Å². The van der Waals surface area contributed by atoms with E-state index < -0.39 is 0 Å². The molecule has 0 spiro atoms. The summed E-state index contributed by atoms with van der Waals surface area (Å²) in [7, 11) is 0. The number of carbonyl (C=O) groups is 1. The number of likely N-dealkylation sites (tertiary alicyclic amines) is 1. The number of benzene rings is 1. The molecule has 1 aliphatic heterocycles. The van der Waals surface area contributed by atoms with Crippen LogP contribution in [0, 0.1) is 5.92 Å². The molecule has 21 heavy (non-hydrogen) atoms. The fourth-order valence-corrected chi connectivity index (χ4v) is 2.94. The molecule has 0 aliphatic carbocycles. The van der Waals surface area contributed by atoms with Crippen LogP contribution in [-0.4, -0.2) is 41.7 Å². The Morgan fingerprint density at radius 1 is 1.38 bits per heavy atom. The number of rotatable bonds is 6. The van der Waals surface area contributed by atoms with Gasteiger partial charge in [0.25, 0.3) is 0 Å². The maximum atomic E-state index is 11.8. The van der Waals surface area contributed by atoms with Crippen LogP contribution < -0.4 is 5.32 Å². The van der Waals surface area contributed by atoms with E-state index in [0.29, 0.717) is 6.42 Å². The predicted octanol–water partition coefficient (Wildman–Crippen LogP) is 1.79. The molecule has 2 N–H and O–H groups in total. The molecule has 2 atom stereocenters. The molecule has 0 bridgehead atoms. The Balaban J connectivity index is 1.93. The number of hydrogen-bond acceptors (Lipinski definition) is 3. The number of amides is 1. The van der Waals surface area contributed by atoms with Crippen molar-refractivity contribution in [3.63, 3.8) is 0 Å². The molecule has 4 nitrogen and oxygen atoms in total. The van der Waals surface area contributed by atoms with Crippen LogP contribution in [0.2, 0.25) is 0 Å². The van der Waals surface area contributed by atoms with Crippen molar-refractivity contribution in [2.75, 3.05) is 19.7 Å². The molecule has 1 saturated heterocycles. The minimum atomic E-state index is 0.0616. The lowest BCUT2D eigenvalue weighted by molar-refractivity contribution is -0.122. The molecule has 116 valence electrons. The third-order valence-electron chi connectivity index (χ3n) is 4.15. The molecule has 0 aromatic heterocycles. The molecule has 4 heteroatoms. The molecule has 2 unspecified atom stereocenters. The van der Waals surface area contributed by atoms with Crippen LogP contribution in [0.4, 0.5) is 0 Å². The highest BCUT2D eigenvalue weighted by Crippen LogP contribution is 2.19. The zero-order chi connectivity index (χ0) is 15.1. The molecule has 1 amide bonds. The van der Waals surface area contributed by atoms with Gasteiger partial charge in [-0.05, 0) is 24.9 Å². The summed E-state index contributed by atoms with van der Waals surface area (Å²) in [6.07, 6.45) is 2.35. The summed E-state index contributed by atoms with van der Waals surface area (Å²) < 4.78 is 0. The summed E-state index contributed by atoms with van der Waals surface area (Å²) in [5, 5.41) is 12.6. The smallest absolute Gasteiger partial charge is 0.220 e. The van der Waals surface area contributed by atoms with Crippen molar-refractivity contribution in [3.05, 3.63) is 35.9 Å². The molecule has 2 rings (SSSR count). The molecule has 1 heterocycles. The van der Waals surface area contributed by atoms with Crippen LogP contribution >= 0.6 is 0 Å². The molecular formula is C17H26N2O2. The Bertz CT molecular complexity index is 436. The Morgan fingerprint density at radius 2 is 2.14 bits per heavy atom. The van der Waals surface area contributed by atoms with Gasteiger partial charge in [-0.1, -0.05) is 37.3 Å². The molecule has 1 aromatic rings. The van der Waals surface area contributed by atoms with E-state index in [0.717, 1.165) is 32.5 Å². The van der Waals surface area contributed by atoms with Gasteiger partial charge in [0.2, 0.25) is 5.91 Å². The molecular weight excluding hydrogens is 264 g/mol. The van der Waals surface area contributed by atoms with Crippen molar-refractivity contribution in [1.29, 1.82) is 0 Å². The van der Waals surface area contributed by atoms with Crippen LogP contribution in [0.1, 0.15) is 31.7 Å². The summed E-state index contributed by atoms with van der Waals surface area (Å²) in [6, 6.07) is 10.4. The van der Waals surface area contributed by atoms with Crippen LogP contribution in [0.3, 0.4) is 0 Å². The Labute approximate surface area is 127 Å². The van der Waals surface area contributed by atoms with Crippen molar-refractivity contribution < 1.29 is 9.90 Å². The molecule has 1 aliphatic rings. The van der Waals surface area contributed by atoms with Gasteiger partial charge in [-0.2, -0.15) is 0 Å². The molecule has 1 aromatic carbocycles. The lowest BCUT2D eigenvalue weighted by Crippen LogP contribution is -2.53. The van der Waals surface area contributed by atoms with Gasteiger partial charge in [0.15, 0.2) is 0 Å². The van der Waals surface area contributed by atoms with E-state index in [2.05, 4.69) is 34.5 Å². The van der Waals surface area contributed by atoms with Gasteiger partial charge in [-0.3, -0.25) is 9.69 Å². The van der Waals surface area contributed by atoms with Gasteiger partial charge in [0, 0.05) is 38.1 Å². The van der Waals surface area contributed by atoms with E-state index in [1.54, 1.807) is 0 Å². The standard InChI is InChI=1S/C17H26N2O2/c1-2-6-17(21)18-16-12-19(10-9-15(16)13-20)11-14-7-4-3-5-8-14/h3-5,7-8,15-16,20H,2,6,9-13H2,1H3,(H,18,21). The lowest BCUT2D eigenvalue weighted by Gasteiger charge is -2.38. The Kier molecular flexibility index (Phi) is 6.21. The topological polar surface area (TPSA) is 52.6 Å². The first-order valence-electron chi connectivity index (χ1n) is 7.89. The van der Waals surface area contributed by atoms with Crippen molar-refractivity contribution >= 4 is 5.91 Å². The van der Waals surface area contributed by atoms with Crippen molar-refractivity contribution in [2.45, 2.75) is 38.8 Å². The van der Waals surface area contributed by atoms with E-state index in [1.807, 2.05) is 13.0 Å². The van der Waals surface area contributed by atoms with E-state index in [9.17, 15) is 9.90 Å². The third kappa shape index (κ3) is 4.83. The second-order valence-electron chi connectivity index (χ2n) is 5.88. The summed E-state index contributed by atoms with van der Waals surface area (Å²) in [5.41, 5.74) is 1.29. The highest BCUT2D eigenvalue weighted by atomic mass is 16.3. The highest BCUT2D eigenvalue weighted by Gasteiger charge is 2.29. The van der Waals surface area contributed by atoms with Gasteiger partial charge < -0.3 is 10.4 Å². The van der Waals surface area contributed by atoms with Crippen LogP contribution in [0.15, 0.2) is 30.3 Å². The minimum absolute atomic E-state index is 0.0616. The number of aliphatic hydroxyl groups excluding tert-OH is 1. The third-order valence-corrected chi connectivity index (χ3v) is 4.15. The van der Waals surface area contributed by atoms with Gasteiger partial charge in [-0.15, -0.1) is 0 Å². The number of nitrogens with one attached hydrogen (secondary N) is 1. The molecule has 0 saturated carbocycles. The van der Waals surface area contributed by atoms with Crippen LogP contribution in [0.25, 0.3) is 0 Å². The zero-order valence-electron chi connectivity index (χ0n) is 12.8. The van der Waals surface area contributed by atoms with E-state index >= 15 is 0 Å². The van der Waals surface area contributed by atoms with Gasteiger partial charge in [-0.25, -0.2) is 0 Å². The number of carbonyl (C=O) groups excluding carboxylic acids is 1. The van der Waals surface area contributed by atoms with Crippen LogP contribution in [-0.2, 0) is 11.3 Å². The summed E-state index contributed by atoms with van der Waals surface area (Å²) in [5.74, 6) is 0.278. The van der Waals surface area contributed by atoms with Gasteiger partial charge in [0.05, 0.1) is 0 Å². The fraction of sp³-hybridized carbons (Fsp3) is 0.588. The molecule has 1 fully saturated rings. The summed E-state index contributed by atoms with van der Waals surface area (Å²) in [4.78, 5) is 14.2. The zero-order valence-corrected chi connectivity index (χ0v) is 12.8. The fourth-order valence-electron chi connectivity index (χ4n) is 2.94. The monoisotopic (exact) mass is 290 g/mol. The Morgan fingerprint density at radius 3 is 2.81 bits per heavy atom. The predicted molar refractivity (Wildman–Crippen MR) is 83.8 cm³/mol.